The first-order valence-electron chi connectivity index (χ1n) is 5.61. The van der Waals surface area contributed by atoms with Gasteiger partial charge in [-0.3, -0.25) is 0 Å². The molecule has 0 aromatic carbocycles. The molecular weight excluding hydrogens is 202 g/mol. The maximum Gasteiger partial charge on any atom is 0.129 e. The molecule has 1 aliphatic heterocycles. The van der Waals surface area contributed by atoms with Crippen molar-refractivity contribution in [1.82, 2.24) is 9.97 Å². The Morgan fingerprint density at radius 2 is 2.12 bits per heavy atom. The number of hydrogen-bond donors (Lipinski definition) is 1. The fourth-order valence-corrected chi connectivity index (χ4v) is 2.13. The molecule has 1 N–H and O–H groups in total. The van der Waals surface area contributed by atoms with E-state index in [0.29, 0.717) is 0 Å². The van der Waals surface area contributed by atoms with Crippen LogP contribution in [-0.2, 0) is 4.74 Å². The molecule has 4 heteroatoms. The van der Waals surface area contributed by atoms with Gasteiger partial charge in [0.05, 0.1) is 24.9 Å². The third-order valence-electron chi connectivity index (χ3n) is 2.96. The number of morpholine rings is 1. The molecule has 4 nitrogen and oxygen atoms in total. The van der Waals surface area contributed by atoms with E-state index in [0.717, 1.165) is 37.6 Å². The first kappa shape index (κ1) is 9.66. The molecule has 84 valence electrons. The van der Waals surface area contributed by atoms with Crippen molar-refractivity contribution in [2.24, 2.45) is 0 Å². The fraction of sp³-hybridized carbons (Fsp3) is 0.417. The fourth-order valence-electron chi connectivity index (χ4n) is 2.13. The van der Waals surface area contributed by atoms with Gasteiger partial charge in [-0.25, -0.2) is 4.98 Å². The van der Waals surface area contributed by atoms with Crippen LogP contribution in [0.25, 0.3) is 10.9 Å². The van der Waals surface area contributed by atoms with Crippen LogP contribution in [0.4, 0.5) is 5.82 Å². The zero-order valence-corrected chi connectivity index (χ0v) is 9.36. The summed E-state index contributed by atoms with van der Waals surface area (Å²) in [5.74, 6) is 1.05. The van der Waals surface area contributed by atoms with E-state index in [1.807, 2.05) is 6.20 Å². The summed E-state index contributed by atoms with van der Waals surface area (Å²) in [6.07, 6.45) is 1.91. The zero-order valence-electron chi connectivity index (χ0n) is 9.36. The van der Waals surface area contributed by atoms with Crippen molar-refractivity contribution >= 4 is 16.7 Å². The number of ether oxygens (including phenoxy) is 1. The van der Waals surface area contributed by atoms with E-state index < -0.39 is 0 Å². The number of aryl methyl sites for hydroxylation is 1. The highest BCUT2D eigenvalue weighted by molar-refractivity contribution is 5.82. The summed E-state index contributed by atoms with van der Waals surface area (Å²) in [5.41, 5.74) is 2.28. The van der Waals surface area contributed by atoms with Crippen LogP contribution in [-0.4, -0.2) is 36.3 Å². The summed E-state index contributed by atoms with van der Waals surface area (Å²) in [4.78, 5) is 10.0. The van der Waals surface area contributed by atoms with E-state index in [-0.39, 0.29) is 0 Å². The van der Waals surface area contributed by atoms with E-state index >= 15 is 0 Å². The largest absolute Gasteiger partial charge is 0.378 e. The first-order valence-corrected chi connectivity index (χ1v) is 5.61. The lowest BCUT2D eigenvalue weighted by atomic mass is 10.3. The van der Waals surface area contributed by atoms with Gasteiger partial charge in [0.1, 0.15) is 5.82 Å². The first-order chi connectivity index (χ1) is 7.83. The van der Waals surface area contributed by atoms with Crippen molar-refractivity contribution in [1.29, 1.82) is 0 Å². The average molecular weight is 217 g/mol. The minimum absolute atomic E-state index is 0.798. The number of pyridine rings is 1. The molecule has 0 aliphatic carbocycles. The van der Waals surface area contributed by atoms with E-state index in [9.17, 15) is 0 Å². The average Bonchev–Trinajstić information content (AvgIpc) is 2.69. The molecule has 2 aromatic heterocycles. The summed E-state index contributed by atoms with van der Waals surface area (Å²) >= 11 is 0. The van der Waals surface area contributed by atoms with E-state index in [1.54, 1.807) is 0 Å². The highest BCUT2D eigenvalue weighted by Gasteiger charge is 2.12. The second-order valence-corrected chi connectivity index (χ2v) is 4.18. The van der Waals surface area contributed by atoms with Crippen molar-refractivity contribution in [2.75, 3.05) is 31.2 Å². The van der Waals surface area contributed by atoms with Crippen LogP contribution in [0.2, 0.25) is 0 Å². The molecular formula is C12H15N3O. The van der Waals surface area contributed by atoms with Gasteiger partial charge >= 0.3 is 0 Å². The molecule has 3 heterocycles. The van der Waals surface area contributed by atoms with Gasteiger partial charge in [-0.1, -0.05) is 0 Å². The smallest absolute Gasteiger partial charge is 0.129 e. The van der Waals surface area contributed by atoms with Gasteiger partial charge in [-0.2, -0.15) is 0 Å². The number of anilines is 1. The van der Waals surface area contributed by atoms with Gasteiger partial charge in [0.25, 0.3) is 0 Å². The molecule has 0 bridgehead atoms. The summed E-state index contributed by atoms with van der Waals surface area (Å²) in [6.45, 7) is 5.52. The minimum Gasteiger partial charge on any atom is -0.378 e. The Morgan fingerprint density at radius 3 is 2.94 bits per heavy atom. The molecule has 3 rings (SSSR count). The van der Waals surface area contributed by atoms with Gasteiger partial charge in [0.2, 0.25) is 0 Å². The Labute approximate surface area is 94.2 Å². The number of H-pyrrole nitrogens is 1. The van der Waals surface area contributed by atoms with Gasteiger partial charge in [-0.05, 0) is 19.1 Å². The highest BCUT2D eigenvalue weighted by atomic mass is 16.5. The van der Waals surface area contributed by atoms with Crippen molar-refractivity contribution in [3.63, 3.8) is 0 Å². The quantitative estimate of drug-likeness (QED) is 0.790. The van der Waals surface area contributed by atoms with E-state index in [2.05, 4.69) is 33.9 Å². The third-order valence-corrected chi connectivity index (χ3v) is 2.96. The predicted molar refractivity (Wildman–Crippen MR) is 63.9 cm³/mol. The lowest BCUT2D eigenvalue weighted by molar-refractivity contribution is 0.122. The van der Waals surface area contributed by atoms with Gasteiger partial charge in [-0.15, -0.1) is 0 Å². The number of nitrogens with one attached hydrogen (secondary N) is 1. The van der Waals surface area contributed by atoms with Crippen LogP contribution in [0.1, 0.15) is 5.69 Å². The summed E-state index contributed by atoms with van der Waals surface area (Å²) < 4.78 is 5.34. The number of aromatic amines is 1. The topological polar surface area (TPSA) is 41.1 Å². The molecule has 0 unspecified atom stereocenters. The van der Waals surface area contributed by atoms with Crippen LogP contribution in [0.15, 0.2) is 18.3 Å². The molecule has 0 spiro atoms. The Bertz CT molecular complexity index is 500. The maximum absolute atomic E-state index is 5.34. The Morgan fingerprint density at radius 1 is 1.31 bits per heavy atom. The predicted octanol–water partition coefficient (Wildman–Crippen LogP) is 1.71. The zero-order chi connectivity index (χ0) is 11.0. The molecule has 0 saturated carbocycles. The highest BCUT2D eigenvalue weighted by Crippen LogP contribution is 2.20. The normalized spacial score (nSPS) is 16.9. The summed E-state index contributed by atoms with van der Waals surface area (Å²) in [6, 6.07) is 4.30. The van der Waals surface area contributed by atoms with E-state index in [4.69, 9.17) is 4.74 Å². The van der Waals surface area contributed by atoms with E-state index in [1.165, 1.54) is 11.1 Å². The van der Waals surface area contributed by atoms with Crippen LogP contribution in [0.5, 0.6) is 0 Å². The van der Waals surface area contributed by atoms with Gasteiger partial charge < -0.3 is 14.6 Å². The number of rotatable bonds is 1. The van der Waals surface area contributed by atoms with Crippen molar-refractivity contribution in [3.05, 3.63) is 24.0 Å². The molecule has 16 heavy (non-hydrogen) atoms. The molecule has 0 radical (unpaired) electrons. The van der Waals surface area contributed by atoms with Crippen LogP contribution in [0.3, 0.4) is 0 Å². The SMILES string of the molecule is Cc1cc2cc(N3CCOCC3)ncc2[nH]1. The molecule has 1 fully saturated rings. The van der Waals surface area contributed by atoms with Crippen molar-refractivity contribution in [3.8, 4) is 0 Å². The van der Waals surface area contributed by atoms with Crippen LogP contribution >= 0.6 is 0 Å². The summed E-state index contributed by atoms with van der Waals surface area (Å²) in [5, 5.41) is 1.23. The second-order valence-electron chi connectivity index (χ2n) is 4.18. The lowest BCUT2D eigenvalue weighted by Gasteiger charge is -2.27. The molecule has 0 amide bonds. The lowest BCUT2D eigenvalue weighted by Crippen LogP contribution is -2.36. The third kappa shape index (κ3) is 1.65. The van der Waals surface area contributed by atoms with Crippen LogP contribution in [0, 0.1) is 6.92 Å². The van der Waals surface area contributed by atoms with Gasteiger partial charge in [0.15, 0.2) is 0 Å². The Hall–Kier alpha value is -1.55. The monoisotopic (exact) mass is 217 g/mol. The van der Waals surface area contributed by atoms with Crippen molar-refractivity contribution in [2.45, 2.75) is 6.92 Å². The van der Waals surface area contributed by atoms with Crippen molar-refractivity contribution < 1.29 is 4.74 Å². The second kappa shape index (κ2) is 3.79. The number of hydrogen-bond acceptors (Lipinski definition) is 3. The Balaban J connectivity index is 1.97. The molecule has 0 atom stereocenters. The summed E-state index contributed by atoms with van der Waals surface area (Å²) in [7, 11) is 0. The molecule has 1 aliphatic rings. The Kier molecular flexibility index (Phi) is 2.29. The van der Waals surface area contributed by atoms with Gasteiger partial charge in [0, 0.05) is 24.2 Å². The molecule has 2 aromatic rings. The minimum atomic E-state index is 0.798. The standard InChI is InChI=1S/C12H15N3O/c1-9-6-10-7-12(13-8-11(10)14-9)15-2-4-16-5-3-15/h6-8,14H,2-5H2,1H3. The number of fused-ring (bicyclic) bond motifs is 1. The number of aromatic nitrogens is 2. The van der Waals surface area contributed by atoms with Crippen LogP contribution < -0.4 is 4.90 Å². The molecule has 1 saturated heterocycles. The number of nitrogens with zero attached hydrogens (tertiary/aromatic N) is 2. The maximum atomic E-state index is 5.34.